The van der Waals surface area contributed by atoms with Gasteiger partial charge in [0.1, 0.15) is 12.4 Å². The van der Waals surface area contributed by atoms with Crippen molar-refractivity contribution in [3.8, 4) is 5.75 Å². The van der Waals surface area contributed by atoms with Crippen molar-refractivity contribution in [3.05, 3.63) is 78.4 Å². The molecule has 0 unspecified atom stereocenters. The van der Waals surface area contributed by atoms with Crippen LogP contribution in [-0.4, -0.2) is 20.8 Å². The van der Waals surface area contributed by atoms with Gasteiger partial charge in [-0.15, -0.1) is 0 Å². The van der Waals surface area contributed by atoms with Crippen LogP contribution in [0.25, 0.3) is 0 Å². The lowest BCUT2D eigenvalue weighted by Crippen LogP contribution is -2.33. The molecular formula is C20H24N4O. The molecule has 2 atom stereocenters. The van der Waals surface area contributed by atoms with Gasteiger partial charge in [-0.1, -0.05) is 18.2 Å². The third-order valence-corrected chi connectivity index (χ3v) is 4.40. The second kappa shape index (κ2) is 8.44. The Morgan fingerprint density at radius 2 is 1.84 bits per heavy atom. The van der Waals surface area contributed by atoms with Crippen molar-refractivity contribution in [2.45, 2.75) is 39.1 Å². The van der Waals surface area contributed by atoms with Crippen LogP contribution in [0.5, 0.6) is 5.75 Å². The summed E-state index contributed by atoms with van der Waals surface area (Å²) in [6.45, 7) is 5.63. The molecule has 3 rings (SSSR count). The van der Waals surface area contributed by atoms with Gasteiger partial charge in [0.2, 0.25) is 0 Å². The third kappa shape index (κ3) is 4.67. The molecule has 0 radical (unpaired) electrons. The van der Waals surface area contributed by atoms with E-state index in [0.717, 1.165) is 23.4 Å². The van der Waals surface area contributed by atoms with Gasteiger partial charge in [-0.25, -0.2) is 0 Å². The minimum Gasteiger partial charge on any atom is -0.489 e. The lowest BCUT2D eigenvalue weighted by molar-refractivity contribution is 0.299. The third-order valence-electron chi connectivity index (χ3n) is 4.40. The number of nitrogens with zero attached hydrogens (tertiary/aromatic N) is 3. The highest BCUT2D eigenvalue weighted by atomic mass is 16.5. The van der Waals surface area contributed by atoms with Crippen LogP contribution in [0.1, 0.15) is 31.0 Å². The van der Waals surface area contributed by atoms with E-state index in [-0.39, 0.29) is 12.1 Å². The van der Waals surface area contributed by atoms with E-state index >= 15 is 0 Å². The molecule has 0 aliphatic heterocycles. The Morgan fingerprint density at radius 3 is 2.60 bits per heavy atom. The molecule has 1 N–H and O–H groups in total. The zero-order valence-corrected chi connectivity index (χ0v) is 14.7. The number of hydrogen-bond acceptors (Lipinski definition) is 4. The number of aromatic nitrogens is 3. The Bertz CT molecular complexity index is 758. The largest absolute Gasteiger partial charge is 0.489 e. The molecular weight excluding hydrogens is 312 g/mol. The van der Waals surface area contributed by atoms with Crippen LogP contribution in [-0.2, 0) is 13.2 Å². The van der Waals surface area contributed by atoms with E-state index in [9.17, 15) is 0 Å². The molecule has 0 aliphatic rings. The van der Waals surface area contributed by atoms with Crippen molar-refractivity contribution < 1.29 is 4.74 Å². The molecule has 130 valence electrons. The zero-order chi connectivity index (χ0) is 17.5. The van der Waals surface area contributed by atoms with E-state index in [2.05, 4.69) is 35.3 Å². The van der Waals surface area contributed by atoms with Crippen LogP contribution >= 0.6 is 0 Å². The van der Waals surface area contributed by atoms with Crippen molar-refractivity contribution in [2.24, 2.45) is 0 Å². The fourth-order valence-corrected chi connectivity index (χ4v) is 2.62. The second-order valence-corrected chi connectivity index (χ2v) is 6.15. The van der Waals surface area contributed by atoms with Gasteiger partial charge in [-0.05, 0) is 43.7 Å². The molecule has 2 heterocycles. The Kier molecular flexibility index (Phi) is 5.80. The van der Waals surface area contributed by atoms with Gasteiger partial charge in [0, 0.05) is 42.9 Å². The van der Waals surface area contributed by atoms with Gasteiger partial charge in [-0.3, -0.25) is 9.67 Å². The maximum atomic E-state index is 6.00. The predicted molar refractivity (Wildman–Crippen MR) is 98.3 cm³/mol. The number of para-hydroxylation sites is 1. The molecule has 2 aromatic heterocycles. The fourth-order valence-electron chi connectivity index (χ4n) is 2.62. The predicted octanol–water partition coefficient (Wildman–Crippen LogP) is 3.60. The topological polar surface area (TPSA) is 52.0 Å². The van der Waals surface area contributed by atoms with Crippen LogP contribution in [0.4, 0.5) is 0 Å². The maximum Gasteiger partial charge on any atom is 0.124 e. The average Bonchev–Trinajstić information content (AvgIpc) is 3.20. The first-order valence-corrected chi connectivity index (χ1v) is 8.56. The molecule has 0 fully saturated rings. The van der Waals surface area contributed by atoms with E-state index in [1.54, 1.807) is 12.4 Å². The van der Waals surface area contributed by atoms with Gasteiger partial charge in [0.25, 0.3) is 0 Å². The molecule has 0 bridgehead atoms. The van der Waals surface area contributed by atoms with Crippen molar-refractivity contribution in [1.29, 1.82) is 0 Å². The number of pyridine rings is 1. The molecule has 3 aromatic rings. The van der Waals surface area contributed by atoms with Crippen molar-refractivity contribution in [3.63, 3.8) is 0 Å². The molecule has 5 nitrogen and oxygen atoms in total. The highest BCUT2D eigenvalue weighted by Gasteiger charge is 2.14. The minimum absolute atomic E-state index is 0.278. The number of nitrogens with one attached hydrogen (secondary N) is 1. The standard InChI is InChI=1S/C20H24N4O/c1-16(17(2)24-13-5-10-23-24)22-14-19-6-3-4-7-20(19)25-15-18-8-11-21-12-9-18/h3-13,16-17,22H,14-15H2,1-2H3/t16-,17+/m1/s1. The summed E-state index contributed by atoms with van der Waals surface area (Å²) in [5.41, 5.74) is 2.26. The molecule has 0 spiro atoms. The molecule has 0 aliphatic carbocycles. The SMILES string of the molecule is C[C@@H](NCc1ccccc1OCc1ccncc1)[C@H](C)n1cccn1. The average molecular weight is 336 g/mol. The summed E-state index contributed by atoms with van der Waals surface area (Å²) in [6.07, 6.45) is 7.37. The Morgan fingerprint density at radius 1 is 1.04 bits per heavy atom. The Hall–Kier alpha value is -2.66. The molecule has 0 amide bonds. The minimum atomic E-state index is 0.278. The summed E-state index contributed by atoms with van der Waals surface area (Å²) in [5.74, 6) is 0.908. The number of ether oxygens (including phenoxy) is 1. The van der Waals surface area contributed by atoms with Gasteiger partial charge in [-0.2, -0.15) is 5.10 Å². The van der Waals surface area contributed by atoms with Gasteiger partial charge >= 0.3 is 0 Å². The summed E-state index contributed by atoms with van der Waals surface area (Å²) in [4.78, 5) is 4.03. The summed E-state index contributed by atoms with van der Waals surface area (Å²) >= 11 is 0. The summed E-state index contributed by atoms with van der Waals surface area (Å²) in [7, 11) is 0. The van der Waals surface area contributed by atoms with E-state index < -0.39 is 0 Å². The molecule has 5 heteroatoms. The Labute approximate surface area is 148 Å². The maximum absolute atomic E-state index is 6.00. The lowest BCUT2D eigenvalue weighted by Gasteiger charge is -2.22. The first-order valence-electron chi connectivity index (χ1n) is 8.56. The monoisotopic (exact) mass is 336 g/mol. The normalized spacial score (nSPS) is 13.4. The number of hydrogen-bond donors (Lipinski definition) is 1. The van der Waals surface area contributed by atoms with Gasteiger partial charge < -0.3 is 10.1 Å². The Balaban J connectivity index is 1.59. The summed E-state index contributed by atoms with van der Waals surface area (Å²) in [6, 6.07) is 14.6. The van der Waals surface area contributed by atoms with Gasteiger partial charge in [0.15, 0.2) is 0 Å². The first-order chi connectivity index (χ1) is 12.2. The quantitative estimate of drug-likeness (QED) is 0.683. The van der Waals surface area contributed by atoms with Crippen LogP contribution in [0.3, 0.4) is 0 Å². The van der Waals surface area contributed by atoms with E-state index in [1.807, 2.05) is 53.5 Å². The van der Waals surface area contributed by atoms with Crippen molar-refractivity contribution in [2.75, 3.05) is 0 Å². The van der Waals surface area contributed by atoms with E-state index in [0.29, 0.717) is 6.61 Å². The van der Waals surface area contributed by atoms with E-state index in [1.165, 1.54) is 0 Å². The van der Waals surface area contributed by atoms with Crippen molar-refractivity contribution >= 4 is 0 Å². The fraction of sp³-hybridized carbons (Fsp3) is 0.300. The summed E-state index contributed by atoms with van der Waals surface area (Å²) in [5, 5.41) is 7.89. The smallest absolute Gasteiger partial charge is 0.124 e. The number of rotatable bonds is 8. The van der Waals surface area contributed by atoms with Crippen LogP contribution < -0.4 is 10.1 Å². The molecule has 25 heavy (non-hydrogen) atoms. The summed E-state index contributed by atoms with van der Waals surface area (Å²) < 4.78 is 7.98. The molecule has 0 saturated carbocycles. The second-order valence-electron chi connectivity index (χ2n) is 6.15. The van der Waals surface area contributed by atoms with Crippen LogP contribution in [0, 0.1) is 0 Å². The number of benzene rings is 1. The molecule has 0 saturated heterocycles. The van der Waals surface area contributed by atoms with Crippen LogP contribution in [0.2, 0.25) is 0 Å². The highest BCUT2D eigenvalue weighted by molar-refractivity contribution is 5.33. The van der Waals surface area contributed by atoms with Crippen LogP contribution in [0.15, 0.2) is 67.3 Å². The van der Waals surface area contributed by atoms with Gasteiger partial charge in [0.05, 0.1) is 6.04 Å². The molecule has 1 aromatic carbocycles. The highest BCUT2D eigenvalue weighted by Crippen LogP contribution is 2.20. The van der Waals surface area contributed by atoms with Crippen molar-refractivity contribution in [1.82, 2.24) is 20.1 Å². The van der Waals surface area contributed by atoms with E-state index in [4.69, 9.17) is 4.74 Å². The first kappa shape index (κ1) is 17.2. The zero-order valence-electron chi connectivity index (χ0n) is 14.7. The lowest BCUT2D eigenvalue weighted by atomic mass is 10.1.